The lowest BCUT2D eigenvalue weighted by molar-refractivity contribution is 0.0810. The van der Waals surface area contributed by atoms with Gasteiger partial charge in [0.05, 0.1) is 6.33 Å². The van der Waals surface area contributed by atoms with Crippen LogP contribution < -0.4 is 11.2 Å². The van der Waals surface area contributed by atoms with Gasteiger partial charge in [-0.3, -0.25) is 18.8 Å². The van der Waals surface area contributed by atoms with Gasteiger partial charge in [-0.05, 0) is 38.0 Å². The van der Waals surface area contributed by atoms with Crippen molar-refractivity contribution in [1.29, 1.82) is 0 Å². The van der Waals surface area contributed by atoms with Gasteiger partial charge in [-0.15, -0.1) is 0 Å². The molecule has 196 valence electrons. The van der Waals surface area contributed by atoms with Crippen LogP contribution in [0.25, 0.3) is 11.2 Å². The van der Waals surface area contributed by atoms with Crippen molar-refractivity contribution in [3.05, 3.63) is 56.5 Å². The number of fused-ring (bicyclic) bond motifs is 1. The number of rotatable bonds is 9. The lowest BCUT2D eigenvalue weighted by Crippen LogP contribution is -2.49. The average molecular weight is 517 g/mol. The zero-order valence-corrected chi connectivity index (χ0v) is 22.3. The molecule has 2 aromatic heterocycles. The first-order chi connectivity index (χ1) is 17.2. The SMILES string of the molecule is Cc1cccc(C)c1[S+]([O-])CC(O)CN1CCN(CCCn2c(=O)c3c(ncn3C)n(C)c2=O)CC1. The summed E-state index contributed by atoms with van der Waals surface area (Å²) < 4.78 is 17.2. The number of benzene rings is 1. The second-order valence-corrected chi connectivity index (χ2v) is 11.1. The molecule has 0 saturated carbocycles. The van der Waals surface area contributed by atoms with E-state index in [-0.39, 0.29) is 17.0 Å². The molecule has 0 amide bonds. The van der Waals surface area contributed by atoms with Gasteiger partial charge in [0.1, 0.15) is 11.9 Å². The Bertz CT molecular complexity index is 1300. The minimum atomic E-state index is -1.23. The van der Waals surface area contributed by atoms with E-state index in [0.717, 1.165) is 48.7 Å². The highest BCUT2D eigenvalue weighted by Gasteiger charge is 2.25. The molecule has 1 N–H and O–H groups in total. The first-order valence-electron chi connectivity index (χ1n) is 12.4. The Balaban J connectivity index is 1.24. The van der Waals surface area contributed by atoms with Gasteiger partial charge < -0.3 is 19.1 Å². The highest BCUT2D eigenvalue weighted by atomic mass is 32.2. The van der Waals surface area contributed by atoms with Crippen molar-refractivity contribution < 1.29 is 9.66 Å². The van der Waals surface area contributed by atoms with Gasteiger partial charge in [0.2, 0.25) is 0 Å². The number of hydrogen-bond donors (Lipinski definition) is 1. The number of imidazole rings is 1. The molecule has 3 heterocycles. The molecule has 1 aromatic carbocycles. The van der Waals surface area contributed by atoms with Gasteiger partial charge >= 0.3 is 5.69 Å². The Morgan fingerprint density at radius 2 is 1.69 bits per heavy atom. The second-order valence-electron chi connectivity index (χ2n) is 9.71. The van der Waals surface area contributed by atoms with E-state index in [9.17, 15) is 19.2 Å². The van der Waals surface area contributed by atoms with Crippen molar-refractivity contribution in [2.75, 3.05) is 45.0 Å². The Labute approximate surface area is 214 Å². The summed E-state index contributed by atoms with van der Waals surface area (Å²) in [7, 11) is 3.39. The molecule has 0 aliphatic carbocycles. The van der Waals surface area contributed by atoms with Crippen molar-refractivity contribution in [3.8, 4) is 0 Å². The first kappa shape index (κ1) is 26.6. The van der Waals surface area contributed by atoms with Crippen molar-refractivity contribution in [3.63, 3.8) is 0 Å². The minimum Gasteiger partial charge on any atom is -0.611 e. The maximum atomic E-state index is 12.8. The summed E-state index contributed by atoms with van der Waals surface area (Å²) in [6, 6.07) is 5.87. The van der Waals surface area contributed by atoms with E-state index < -0.39 is 17.3 Å². The van der Waals surface area contributed by atoms with Crippen molar-refractivity contribution in [2.45, 2.75) is 37.8 Å². The van der Waals surface area contributed by atoms with Crippen LogP contribution in [-0.4, -0.2) is 89.3 Å². The normalized spacial score (nSPS) is 17.1. The lowest BCUT2D eigenvalue weighted by atomic mass is 10.2. The number of hydrogen-bond acceptors (Lipinski definition) is 7. The predicted octanol–water partition coefficient (Wildman–Crippen LogP) is 0.227. The fraction of sp³-hybridized carbons (Fsp3) is 0.560. The summed E-state index contributed by atoms with van der Waals surface area (Å²) in [6.07, 6.45) is 1.59. The number of aliphatic hydroxyl groups is 1. The standard InChI is InChI=1S/C25H36N6O4S/c1-18-7-5-8-19(2)22(18)36(35)16-20(32)15-30-13-11-29(12-14-30)9-6-10-31-24(33)21-23(26-17-27(21)3)28(4)25(31)34/h5,7-8,17,20,32H,6,9-16H2,1-4H3. The second kappa shape index (κ2) is 11.3. The molecule has 10 nitrogen and oxygen atoms in total. The van der Waals surface area contributed by atoms with Gasteiger partial charge in [-0.25, -0.2) is 9.78 Å². The van der Waals surface area contributed by atoms with E-state index >= 15 is 0 Å². The zero-order chi connectivity index (χ0) is 26.0. The Morgan fingerprint density at radius 1 is 1.06 bits per heavy atom. The highest BCUT2D eigenvalue weighted by molar-refractivity contribution is 7.91. The lowest BCUT2D eigenvalue weighted by Gasteiger charge is -2.35. The molecule has 4 rings (SSSR count). The first-order valence-corrected chi connectivity index (χ1v) is 13.7. The Hall–Kier alpha value is -2.44. The molecule has 1 saturated heterocycles. The van der Waals surface area contributed by atoms with Gasteiger partial charge in [-0.2, -0.15) is 0 Å². The number of aliphatic hydroxyl groups excluding tert-OH is 1. The Morgan fingerprint density at radius 3 is 2.36 bits per heavy atom. The predicted molar refractivity (Wildman–Crippen MR) is 141 cm³/mol. The van der Waals surface area contributed by atoms with Crippen LogP contribution in [0.15, 0.2) is 39.0 Å². The van der Waals surface area contributed by atoms with E-state index in [1.54, 1.807) is 25.0 Å². The van der Waals surface area contributed by atoms with E-state index in [2.05, 4.69) is 14.8 Å². The van der Waals surface area contributed by atoms with E-state index in [0.29, 0.717) is 30.7 Å². The van der Waals surface area contributed by atoms with Gasteiger partial charge in [0.25, 0.3) is 5.56 Å². The molecule has 36 heavy (non-hydrogen) atoms. The molecule has 0 bridgehead atoms. The van der Waals surface area contributed by atoms with E-state index in [1.807, 2.05) is 32.0 Å². The summed E-state index contributed by atoms with van der Waals surface area (Å²) in [5.41, 5.74) is 2.18. The van der Waals surface area contributed by atoms with Crippen molar-refractivity contribution in [1.82, 2.24) is 28.5 Å². The monoisotopic (exact) mass is 516 g/mol. The van der Waals surface area contributed by atoms with Gasteiger partial charge in [0.15, 0.2) is 16.1 Å². The number of piperazine rings is 1. The maximum absolute atomic E-state index is 12.8. The van der Waals surface area contributed by atoms with Gasteiger partial charge in [-0.1, -0.05) is 18.2 Å². The van der Waals surface area contributed by atoms with E-state index in [4.69, 9.17) is 0 Å². The van der Waals surface area contributed by atoms with Crippen LogP contribution in [0.5, 0.6) is 0 Å². The minimum absolute atomic E-state index is 0.233. The van der Waals surface area contributed by atoms with Crippen LogP contribution in [0.4, 0.5) is 0 Å². The third-order valence-electron chi connectivity index (χ3n) is 6.97. The third-order valence-corrected chi connectivity index (χ3v) is 8.76. The number of nitrogens with zero attached hydrogens (tertiary/aromatic N) is 6. The molecule has 0 spiro atoms. The molecular formula is C25H36N6O4S. The summed E-state index contributed by atoms with van der Waals surface area (Å²) in [6.45, 7) is 8.88. The summed E-state index contributed by atoms with van der Waals surface area (Å²) in [4.78, 5) is 35.0. The third kappa shape index (κ3) is 5.60. The van der Waals surface area contributed by atoms with Crippen LogP contribution in [0.3, 0.4) is 0 Å². The van der Waals surface area contributed by atoms with Crippen LogP contribution in [0, 0.1) is 13.8 Å². The van der Waals surface area contributed by atoms with Crippen LogP contribution in [-0.2, 0) is 31.8 Å². The molecule has 1 aliphatic rings. The molecule has 2 atom stereocenters. The topological polar surface area (TPSA) is 112 Å². The quantitative estimate of drug-likeness (QED) is 0.405. The molecule has 11 heteroatoms. The van der Waals surface area contributed by atoms with E-state index in [1.165, 1.54) is 9.13 Å². The summed E-state index contributed by atoms with van der Waals surface area (Å²) in [5, 5.41) is 10.6. The maximum Gasteiger partial charge on any atom is 0.332 e. The molecular weight excluding hydrogens is 480 g/mol. The Kier molecular flexibility index (Phi) is 8.36. The molecule has 0 radical (unpaired) electrons. The zero-order valence-electron chi connectivity index (χ0n) is 21.5. The van der Waals surface area contributed by atoms with Crippen molar-refractivity contribution in [2.24, 2.45) is 14.1 Å². The van der Waals surface area contributed by atoms with Crippen LogP contribution in [0.1, 0.15) is 17.5 Å². The largest absolute Gasteiger partial charge is 0.611 e. The van der Waals surface area contributed by atoms with Gasteiger partial charge in [0, 0.05) is 64.5 Å². The number of aromatic nitrogens is 4. The van der Waals surface area contributed by atoms with Crippen molar-refractivity contribution >= 4 is 22.3 Å². The smallest absolute Gasteiger partial charge is 0.332 e. The highest BCUT2D eigenvalue weighted by Crippen LogP contribution is 2.21. The average Bonchev–Trinajstić information content (AvgIpc) is 3.22. The number of β-amino-alcohol motifs (C(OH)–C–C–N with tert-alkyl or cyclic N) is 1. The fourth-order valence-corrected chi connectivity index (χ4v) is 6.48. The summed E-state index contributed by atoms with van der Waals surface area (Å²) in [5.74, 6) is 0.233. The van der Waals surface area contributed by atoms with Crippen LogP contribution in [0.2, 0.25) is 0 Å². The number of aryl methyl sites for hydroxylation is 4. The molecule has 2 unspecified atom stereocenters. The van der Waals surface area contributed by atoms with Crippen LogP contribution >= 0.6 is 0 Å². The fourth-order valence-electron chi connectivity index (χ4n) is 5.01. The summed E-state index contributed by atoms with van der Waals surface area (Å²) >= 11 is -1.23. The molecule has 3 aromatic rings. The molecule has 1 fully saturated rings. The molecule has 1 aliphatic heterocycles.